The second-order valence-corrected chi connectivity index (χ2v) is 8.45. The molecule has 2 aromatic heterocycles. The zero-order chi connectivity index (χ0) is 24.8. The third-order valence-electron chi connectivity index (χ3n) is 5.48. The van der Waals surface area contributed by atoms with Crippen LogP contribution in [0.1, 0.15) is 6.92 Å². The molecule has 2 amide bonds. The number of ether oxygens (including phenoxy) is 3. The number of benzene rings is 1. The summed E-state index contributed by atoms with van der Waals surface area (Å²) in [5, 5.41) is 9.16. The molecule has 35 heavy (non-hydrogen) atoms. The summed E-state index contributed by atoms with van der Waals surface area (Å²) in [6.07, 6.45) is 1.21. The molecule has 11 nitrogen and oxygen atoms in total. The first-order chi connectivity index (χ1) is 17.0. The van der Waals surface area contributed by atoms with Gasteiger partial charge in [-0.1, -0.05) is 11.8 Å². The van der Waals surface area contributed by atoms with Gasteiger partial charge in [0.25, 0.3) is 0 Å². The van der Waals surface area contributed by atoms with Crippen LogP contribution in [0.25, 0.3) is 17.3 Å². The van der Waals surface area contributed by atoms with E-state index in [1.54, 1.807) is 66.0 Å². The van der Waals surface area contributed by atoms with Crippen LogP contribution >= 0.6 is 11.8 Å². The molecule has 0 radical (unpaired) electrons. The van der Waals surface area contributed by atoms with Crippen LogP contribution in [0.2, 0.25) is 0 Å². The maximum atomic E-state index is 12.9. The molecule has 1 aromatic carbocycles. The lowest BCUT2D eigenvalue weighted by molar-refractivity contribution is -0.129. The average molecular weight is 502 g/mol. The Morgan fingerprint density at radius 2 is 1.83 bits per heavy atom. The lowest BCUT2D eigenvalue weighted by Gasteiger charge is -2.34. The van der Waals surface area contributed by atoms with Crippen LogP contribution in [-0.2, 0) is 9.53 Å². The van der Waals surface area contributed by atoms with E-state index >= 15 is 0 Å². The van der Waals surface area contributed by atoms with Gasteiger partial charge < -0.3 is 28.4 Å². The van der Waals surface area contributed by atoms with E-state index in [9.17, 15) is 9.59 Å². The first kappa shape index (κ1) is 24.5. The third-order valence-corrected chi connectivity index (χ3v) is 6.40. The number of piperazine rings is 1. The van der Waals surface area contributed by atoms with Crippen molar-refractivity contribution in [3.05, 3.63) is 36.6 Å². The van der Waals surface area contributed by atoms with Gasteiger partial charge in [-0.2, -0.15) is 0 Å². The maximum Gasteiger partial charge on any atom is 0.409 e. The molecular formula is C23H27N5O6S. The van der Waals surface area contributed by atoms with Crippen LogP contribution in [-0.4, -0.2) is 89.3 Å². The summed E-state index contributed by atoms with van der Waals surface area (Å²) in [5.74, 6) is 2.32. The van der Waals surface area contributed by atoms with E-state index in [2.05, 4.69) is 10.2 Å². The Morgan fingerprint density at radius 1 is 1.06 bits per heavy atom. The molecule has 0 N–H and O–H groups in total. The Kier molecular flexibility index (Phi) is 7.80. The van der Waals surface area contributed by atoms with E-state index in [0.29, 0.717) is 66.7 Å². The van der Waals surface area contributed by atoms with Crippen molar-refractivity contribution < 1.29 is 28.2 Å². The first-order valence-electron chi connectivity index (χ1n) is 11.1. The number of furan rings is 1. The number of aromatic nitrogens is 3. The third kappa shape index (κ3) is 5.37. The molecule has 0 unspecified atom stereocenters. The number of amides is 2. The molecule has 4 rings (SSSR count). The highest BCUT2D eigenvalue weighted by Gasteiger charge is 2.26. The molecule has 12 heteroatoms. The minimum atomic E-state index is -0.347. The lowest BCUT2D eigenvalue weighted by atomic mass is 10.2. The molecule has 0 saturated carbocycles. The Labute approximate surface area is 206 Å². The van der Waals surface area contributed by atoms with Gasteiger partial charge in [0.15, 0.2) is 10.9 Å². The molecule has 186 valence electrons. The van der Waals surface area contributed by atoms with E-state index in [0.717, 1.165) is 0 Å². The average Bonchev–Trinajstić information content (AvgIpc) is 3.57. The zero-order valence-electron chi connectivity index (χ0n) is 19.8. The molecule has 0 bridgehead atoms. The minimum absolute atomic E-state index is 0.0507. The number of methoxy groups -OCH3 is 2. The van der Waals surface area contributed by atoms with E-state index in [1.807, 2.05) is 6.07 Å². The van der Waals surface area contributed by atoms with Crippen molar-refractivity contribution in [1.82, 2.24) is 24.6 Å². The van der Waals surface area contributed by atoms with E-state index in [-0.39, 0.29) is 17.8 Å². The van der Waals surface area contributed by atoms with Crippen molar-refractivity contribution in [2.45, 2.75) is 12.1 Å². The fourth-order valence-corrected chi connectivity index (χ4v) is 4.54. The van der Waals surface area contributed by atoms with Crippen molar-refractivity contribution in [2.24, 2.45) is 0 Å². The highest BCUT2D eigenvalue weighted by atomic mass is 32.2. The van der Waals surface area contributed by atoms with Crippen molar-refractivity contribution in [1.29, 1.82) is 0 Å². The number of carbonyl (C=O) groups is 2. The summed E-state index contributed by atoms with van der Waals surface area (Å²) in [6.45, 7) is 3.88. The molecule has 1 aliphatic rings. The Bertz CT molecular complexity index is 1160. The van der Waals surface area contributed by atoms with E-state index < -0.39 is 0 Å². The second kappa shape index (κ2) is 11.2. The zero-order valence-corrected chi connectivity index (χ0v) is 20.6. The van der Waals surface area contributed by atoms with Gasteiger partial charge in [-0.15, -0.1) is 10.2 Å². The fourth-order valence-electron chi connectivity index (χ4n) is 3.69. The maximum absolute atomic E-state index is 12.9. The Hall–Kier alpha value is -3.67. The smallest absolute Gasteiger partial charge is 0.409 e. The highest BCUT2D eigenvalue weighted by Crippen LogP contribution is 2.35. The molecule has 0 spiro atoms. The summed E-state index contributed by atoms with van der Waals surface area (Å²) >= 11 is 1.26. The summed E-state index contributed by atoms with van der Waals surface area (Å²) in [4.78, 5) is 28.2. The van der Waals surface area contributed by atoms with Gasteiger partial charge >= 0.3 is 6.09 Å². The Morgan fingerprint density at radius 3 is 2.49 bits per heavy atom. The van der Waals surface area contributed by atoms with Gasteiger partial charge in [-0.05, 0) is 31.2 Å². The number of carbonyl (C=O) groups excluding carboxylic acids is 2. The van der Waals surface area contributed by atoms with Crippen LogP contribution in [0, 0.1) is 0 Å². The first-order valence-corrected chi connectivity index (χ1v) is 12.1. The molecule has 0 aliphatic carbocycles. The van der Waals surface area contributed by atoms with Crippen LogP contribution in [0.4, 0.5) is 4.79 Å². The number of nitrogens with zero attached hydrogens (tertiary/aromatic N) is 5. The van der Waals surface area contributed by atoms with Gasteiger partial charge in [-0.3, -0.25) is 9.36 Å². The van der Waals surface area contributed by atoms with Crippen molar-refractivity contribution in [3.63, 3.8) is 0 Å². The molecular weight excluding hydrogens is 474 g/mol. The topological polar surface area (TPSA) is 112 Å². The SMILES string of the molecule is CCOC(=O)N1CCN(C(=O)CSc2nnc(-c3ccco3)n2-c2cc(OC)ccc2OC)CC1. The monoisotopic (exact) mass is 501 g/mol. The highest BCUT2D eigenvalue weighted by molar-refractivity contribution is 7.99. The van der Waals surface area contributed by atoms with Crippen LogP contribution in [0.3, 0.4) is 0 Å². The van der Waals surface area contributed by atoms with Crippen molar-refractivity contribution >= 4 is 23.8 Å². The van der Waals surface area contributed by atoms with Gasteiger partial charge in [0.2, 0.25) is 11.7 Å². The summed E-state index contributed by atoms with van der Waals surface area (Å²) in [7, 11) is 3.16. The lowest BCUT2D eigenvalue weighted by Crippen LogP contribution is -2.51. The number of thioether (sulfide) groups is 1. The van der Waals surface area contributed by atoms with Gasteiger partial charge in [0.05, 0.1) is 38.5 Å². The largest absolute Gasteiger partial charge is 0.497 e. The normalized spacial score (nSPS) is 13.6. The summed E-state index contributed by atoms with van der Waals surface area (Å²) in [5.41, 5.74) is 0.654. The number of hydrogen-bond acceptors (Lipinski definition) is 9. The van der Waals surface area contributed by atoms with Crippen LogP contribution < -0.4 is 9.47 Å². The van der Waals surface area contributed by atoms with E-state index in [4.69, 9.17) is 18.6 Å². The van der Waals surface area contributed by atoms with E-state index in [1.165, 1.54) is 11.8 Å². The van der Waals surface area contributed by atoms with Gasteiger partial charge in [0, 0.05) is 32.2 Å². The molecule has 3 aromatic rings. The van der Waals surface area contributed by atoms with Crippen molar-refractivity contribution in [3.8, 4) is 28.8 Å². The predicted molar refractivity (Wildman–Crippen MR) is 128 cm³/mol. The quantitative estimate of drug-likeness (QED) is 0.430. The minimum Gasteiger partial charge on any atom is -0.497 e. The molecule has 3 heterocycles. The van der Waals surface area contributed by atoms with Crippen LogP contribution in [0.15, 0.2) is 46.2 Å². The van der Waals surface area contributed by atoms with Gasteiger partial charge in [0.1, 0.15) is 11.5 Å². The van der Waals surface area contributed by atoms with Gasteiger partial charge in [-0.25, -0.2) is 4.79 Å². The fraction of sp³-hybridized carbons (Fsp3) is 0.391. The van der Waals surface area contributed by atoms with Crippen molar-refractivity contribution in [2.75, 3.05) is 52.8 Å². The summed E-state index contributed by atoms with van der Waals surface area (Å²) in [6, 6.07) is 8.96. The van der Waals surface area contributed by atoms with Crippen LogP contribution in [0.5, 0.6) is 11.5 Å². The predicted octanol–water partition coefficient (Wildman–Crippen LogP) is 2.94. The molecule has 1 aliphatic heterocycles. The summed E-state index contributed by atoms with van der Waals surface area (Å²) < 4.78 is 23.4. The molecule has 1 saturated heterocycles. The number of rotatable bonds is 8. The number of hydrogen-bond donors (Lipinski definition) is 0. The standard InChI is InChI=1S/C23H27N5O6S/c1-4-33-23(30)27-11-9-26(10-12-27)20(29)15-35-22-25-24-21(19-6-5-13-34-19)28(22)17-14-16(31-2)7-8-18(17)32-3/h5-8,13-14H,4,9-12,15H2,1-3H3. The molecule has 1 fully saturated rings. The Balaban J connectivity index is 1.53. The molecule has 0 atom stereocenters. The second-order valence-electron chi connectivity index (χ2n) is 7.51.